The van der Waals surface area contributed by atoms with Crippen LogP contribution in [0.4, 0.5) is 0 Å². The second kappa shape index (κ2) is 11.8. The third kappa shape index (κ3) is 6.89. The Morgan fingerprint density at radius 1 is 0.824 bits per heavy atom. The van der Waals surface area contributed by atoms with Crippen LogP contribution in [-0.2, 0) is 0 Å². The van der Waals surface area contributed by atoms with Crippen LogP contribution in [0, 0.1) is 5.92 Å². The van der Waals surface area contributed by atoms with Crippen molar-refractivity contribution in [1.29, 1.82) is 0 Å². The molecule has 0 bridgehead atoms. The van der Waals surface area contributed by atoms with E-state index in [0.29, 0.717) is 50.8 Å². The molecule has 0 saturated carbocycles. The number of methoxy groups -OCH3 is 1. The average molecular weight is 501 g/mol. The molecule has 0 saturated heterocycles. The van der Waals surface area contributed by atoms with Crippen molar-refractivity contribution >= 4 is 35.0 Å². The summed E-state index contributed by atoms with van der Waals surface area (Å²) in [6.45, 7) is 4.62. The normalized spacial score (nSPS) is 10.8. The van der Waals surface area contributed by atoms with Gasteiger partial charge in [0.15, 0.2) is 11.5 Å². The molecule has 0 heterocycles. The van der Waals surface area contributed by atoms with Crippen LogP contribution in [0.15, 0.2) is 66.7 Å². The third-order valence-electron chi connectivity index (χ3n) is 4.82. The van der Waals surface area contributed by atoms with E-state index in [-0.39, 0.29) is 0 Å². The lowest BCUT2D eigenvalue weighted by Crippen LogP contribution is -2.41. The van der Waals surface area contributed by atoms with Crippen molar-refractivity contribution in [3.8, 4) is 11.5 Å². The first-order chi connectivity index (χ1) is 16.3. The second-order valence-corrected chi connectivity index (χ2v) is 8.89. The summed E-state index contributed by atoms with van der Waals surface area (Å²) in [5.74, 6) is 0.584. The molecule has 8 heteroatoms. The molecule has 3 rings (SSSR count). The lowest BCUT2D eigenvalue weighted by Gasteiger charge is -2.22. The fourth-order valence-corrected chi connectivity index (χ4v) is 3.51. The van der Waals surface area contributed by atoms with Gasteiger partial charge in [-0.15, -0.1) is 0 Å². The Kier molecular flexibility index (Phi) is 8.79. The van der Waals surface area contributed by atoms with Crippen molar-refractivity contribution in [3.05, 3.63) is 93.5 Å². The molecule has 2 amide bonds. The summed E-state index contributed by atoms with van der Waals surface area (Å²) >= 11 is 12.1. The fourth-order valence-electron chi connectivity index (χ4n) is 3.13. The van der Waals surface area contributed by atoms with Crippen LogP contribution >= 0.6 is 23.2 Å². The van der Waals surface area contributed by atoms with Crippen molar-refractivity contribution in [2.24, 2.45) is 5.92 Å². The summed E-state index contributed by atoms with van der Waals surface area (Å²) in [6, 6.07) is 18.3. The SMILES string of the molecule is COc1cc(C(NC(=O)c2cccc(Cl)c2)NC(=O)c2cccc(Cl)c2)ccc1OCC(C)C. The Bertz CT molecular complexity index is 1110. The van der Waals surface area contributed by atoms with E-state index in [1.165, 1.54) is 7.11 Å². The van der Waals surface area contributed by atoms with Crippen molar-refractivity contribution in [2.75, 3.05) is 13.7 Å². The molecule has 0 aliphatic rings. The molecule has 0 fully saturated rings. The molecule has 178 valence electrons. The van der Waals surface area contributed by atoms with Crippen LogP contribution in [0.1, 0.15) is 46.3 Å². The van der Waals surface area contributed by atoms with Crippen molar-refractivity contribution in [2.45, 2.75) is 20.0 Å². The predicted octanol–water partition coefficient (Wildman–Crippen LogP) is 5.90. The lowest BCUT2D eigenvalue weighted by molar-refractivity contribution is 0.0883. The van der Waals surface area contributed by atoms with Gasteiger partial charge in [-0.05, 0) is 60.0 Å². The van der Waals surface area contributed by atoms with Gasteiger partial charge in [0.25, 0.3) is 11.8 Å². The number of amides is 2. The van der Waals surface area contributed by atoms with Crippen molar-refractivity contribution in [1.82, 2.24) is 10.6 Å². The van der Waals surface area contributed by atoms with Crippen molar-refractivity contribution < 1.29 is 19.1 Å². The molecule has 0 spiro atoms. The monoisotopic (exact) mass is 500 g/mol. The molecule has 0 aromatic heterocycles. The maximum atomic E-state index is 13.0. The Hall–Kier alpha value is -3.22. The van der Waals surface area contributed by atoms with E-state index >= 15 is 0 Å². The van der Waals surface area contributed by atoms with Gasteiger partial charge in [0.1, 0.15) is 6.17 Å². The van der Waals surface area contributed by atoms with E-state index < -0.39 is 18.0 Å². The largest absolute Gasteiger partial charge is 0.493 e. The highest BCUT2D eigenvalue weighted by molar-refractivity contribution is 6.31. The second-order valence-electron chi connectivity index (χ2n) is 8.02. The van der Waals surface area contributed by atoms with Gasteiger partial charge in [-0.2, -0.15) is 0 Å². The molecule has 2 N–H and O–H groups in total. The van der Waals surface area contributed by atoms with Gasteiger partial charge in [-0.1, -0.05) is 55.2 Å². The summed E-state index contributed by atoms with van der Waals surface area (Å²) in [4.78, 5) is 25.9. The number of hydrogen-bond acceptors (Lipinski definition) is 4. The molecular weight excluding hydrogens is 475 g/mol. The Morgan fingerprint density at radius 3 is 1.85 bits per heavy atom. The van der Waals surface area contributed by atoms with Crippen molar-refractivity contribution in [3.63, 3.8) is 0 Å². The molecule has 0 aliphatic carbocycles. The molecule has 0 aliphatic heterocycles. The molecule has 0 atom stereocenters. The number of benzene rings is 3. The summed E-state index contributed by atoms with van der Waals surface area (Å²) in [5.41, 5.74) is 1.32. The fraction of sp³-hybridized carbons (Fsp3) is 0.231. The number of carbonyl (C=O) groups excluding carboxylic acids is 2. The van der Waals surface area contributed by atoms with E-state index in [1.807, 2.05) is 13.8 Å². The first-order valence-corrected chi connectivity index (χ1v) is 11.5. The highest BCUT2D eigenvalue weighted by atomic mass is 35.5. The first-order valence-electron chi connectivity index (χ1n) is 10.7. The van der Waals surface area contributed by atoms with Gasteiger partial charge in [0, 0.05) is 21.2 Å². The van der Waals surface area contributed by atoms with Crippen LogP contribution in [0.3, 0.4) is 0 Å². The highest BCUT2D eigenvalue weighted by Gasteiger charge is 2.21. The van der Waals surface area contributed by atoms with Crippen LogP contribution in [0.25, 0.3) is 0 Å². The molecule has 6 nitrogen and oxygen atoms in total. The minimum atomic E-state index is -0.869. The highest BCUT2D eigenvalue weighted by Crippen LogP contribution is 2.30. The van der Waals surface area contributed by atoms with Gasteiger partial charge in [-0.3, -0.25) is 9.59 Å². The molecule has 34 heavy (non-hydrogen) atoms. The summed E-state index contributed by atoms with van der Waals surface area (Å²) in [5, 5.41) is 6.57. The number of ether oxygens (including phenoxy) is 2. The van der Waals surface area contributed by atoms with Gasteiger partial charge in [0.2, 0.25) is 0 Å². The minimum Gasteiger partial charge on any atom is -0.493 e. The standard InChI is InChI=1S/C26H26Cl2N2O4/c1-16(2)15-34-22-11-10-17(14-23(22)33-3)24(29-25(31)18-6-4-8-20(27)12-18)30-26(32)19-7-5-9-21(28)13-19/h4-14,16,24H,15H2,1-3H3,(H,29,31)(H,30,32). The van der Waals surface area contributed by atoms with E-state index in [0.717, 1.165) is 0 Å². The third-order valence-corrected chi connectivity index (χ3v) is 5.29. The Morgan fingerprint density at radius 2 is 1.38 bits per heavy atom. The number of rotatable bonds is 9. The number of halogens is 2. The van der Waals surface area contributed by atoms with Gasteiger partial charge in [0.05, 0.1) is 13.7 Å². The van der Waals surface area contributed by atoms with Crippen LogP contribution in [-0.4, -0.2) is 25.5 Å². The zero-order chi connectivity index (χ0) is 24.7. The van der Waals surface area contributed by atoms with Gasteiger partial charge >= 0.3 is 0 Å². The molecule has 3 aromatic rings. The van der Waals surface area contributed by atoms with Crippen LogP contribution in [0.5, 0.6) is 11.5 Å². The summed E-state index contributed by atoms with van der Waals surface area (Å²) in [6.07, 6.45) is -0.869. The van der Waals surface area contributed by atoms with E-state index in [4.69, 9.17) is 32.7 Å². The smallest absolute Gasteiger partial charge is 0.253 e. The Balaban J connectivity index is 1.91. The number of hydrogen-bond donors (Lipinski definition) is 2. The molecule has 3 aromatic carbocycles. The van der Waals surface area contributed by atoms with Crippen LogP contribution in [0.2, 0.25) is 10.0 Å². The Labute approximate surface area is 209 Å². The van der Waals surface area contributed by atoms with E-state index in [2.05, 4.69) is 10.6 Å². The van der Waals surface area contributed by atoms with E-state index in [9.17, 15) is 9.59 Å². The van der Waals surface area contributed by atoms with Crippen LogP contribution < -0.4 is 20.1 Å². The number of nitrogens with one attached hydrogen (secondary N) is 2. The zero-order valence-electron chi connectivity index (χ0n) is 19.1. The maximum Gasteiger partial charge on any atom is 0.253 e. The molecule has 0 unspecified atom stereocenters. The van der Waals surface area contributed by atoms with Gasteiger partial charge < -0.3 is 20.1 Å². The minimum absolute atomic E-state index is 0.339. The topological polar surface area (TPSA) is 76.7 Å². The quantitative estimate of drug-likeness (QED) is 0.358. The summed E-state index contributed by atoms with van der Waals surface area (Å²) < 4.78 is 11.3. The lowest BCUT2D eigenvalue weighted by atomic mass is 10.1. The maximum absolute atomic E-state index is 13.0. The van der Waals surface area contributed by atoms with E-state index in [1.54, 1.807) is 66.7 Å². The summed E-state index contributed by atoms with van der Waals surface area (Å²) in [7, 11) is 1.53. The zero-order valence-corrected chi connectivity index (χ0v) is 20.6. The predicted molar refractivity (Wildman–Crippen MR) is 134 cm³/mol. The first kappa shape index (κ1) is 25.4. The van der Waals surface area contributed by atoms with Gasteiger partial charge in [-0.25, -0.2) is 0 Å². The molecule has 0 radical (unpaired) electrons. The number of carbonyl (C=O) groups is 2. The molecular formula is C26H26Cl2N2O4. The average Bonchev–Trinajstić information content (AvgIpc) is 2.82.